The lowest BCUT2D eigenvalue weighted by Gasteiger charge is -2.47. The SMILES string of the molecule is [N-]=[N+]=NC1CCC2C(C1=O)[C@H]1C=C[C@@H]2CC1. The molecule has 5 atom stereocenters. The third kappa shape index (κ3) is 1.30. The van der Waals surface area contributed by atoms with E-state index < -0.39 is 0 Å². The second-order valence-electron chi connectivity index (χ2n) is 5.18. The zero-order valence-corrected chi connectivity index (χ0v) is 9.12. The van der Waals surface area contributed by atoms with E-state index >= 15 is 0 Å². The van der Waals surface area contributed by atoms with Gasteiger partial charge >= 0.3 is 0 Å². The summed E-state index contributed by atoms with van der Waals surface area (Å²) in [6, 6.07) is -0.390. The fourth-order valence-corrected chi connectivity index (χ4v) is 3.81. The zero-order chi connectivity index (χ0) is 11.1. The first-order valence-electron chi connectivity index (χ1n) is 6.07. The van der Waals surface area contributed by atoms with Crippen LogP contribution in [0.4, 0.5) is 0 Å². The normalized spacial score (nSPS) is 45.0. The van der Waals surface area contributed by atoms with E-state index in [4.69, 9.17) is 5.53 Å². The summed E-state index contributed by atoms with van der Waals surface area (Å²) in [5, 5.41) is 3.65. The molecular formula is C12H15N3O. The fourth-order valence-electron chi connectivity index (χ4n) is 3.81. The van der Waals surface area contributed by atoms with Gasteiger partial charge in [-0.25, -0.2) is 0 Å². The predicted molar refractivity (Wildman–Crippen MR) is 59.5 cm³/mol. The predicted octanol–water partition coefficient (Wildman–Crippen LogP) is 2.86. The van der Waals surface area contributed by atoms with Gasteiger partial charge in [0, 0.05) is 10.8 Å². The lowest BCUT2D eigenvalue weighted by atomic mass is 9.56. The van der Waals surface area contributed by atoms with Crippen molar-refractivity contribution in [2.75, 3.05) is 0 Å². The van der Waals surface area contributed by atoms with Gasteiger partial charge in [0.1, 0.15) is 5.78 Å². The Morgan fingerprint density at radius 2 is 1.94 bits per heavy atom. The van der Waals surface area contributed by atoms with Gasteiger partial charge in [0.15, 0.2) is 0 Å². The molecule has 2 bridgehead atoms. The van der Waals surface area contributed by atoms with Crippen LogP contribution in [-0.4, -0.2) is 11.8 Å². The molecule has 3 unspecified atom stereocenters. The van der Waals surface area contributed by atoms with Crippen molar-refractivity contribution < 1.29 is 4.79 Å². The van der Waals surface area contributed by atoms with Crippen LogP contribution in [0.15, 0.2) is 17.3 Å². The molecule has 0 aromatic heterocycles. The van der Waals surface area contributed by atoms with Crippen LogP contribution < -0.4 is 0 Å². The van der Waals surface area contributed by atoms with Gasteiger partial charge in [0.25, 0.3) is 0 Å². The molecule has 4 aliphatic rings. The molecule has 0 radical (unpaired) electrons. The summed E-state index contributed by atoms with van der Waals surface area (Å²) in [6.07, 6.45) is 8.69. The second kappa shape index (κ2) is 3.63. The number of Topliss-reactive ketones (excluding diaryl/α,β-unsaturated/α-hetero) is 1. The number of carbonyl (C=O) groups is 1. The molecule has 4 nitrogen and oxygen atoms in total. The van der Waals surface area contributed by atoms with Gasteiger partial charge in [-0.15, -0.1) is 0 Å². The smallest absolute Gasteiger partial charge is 0.145 e. The Kier molecular flexibility index (Phi) is 2.25. The summed E-state index contributed by atoms with van der Waals surface area (Å²) in [4.78, 5) is 15.0. The van der Waals surface area contributed by atoms with Crippen LogP contribution in [0, 0.1) is 23.7 Å². The van der Waals surface area contributed by atoms with E-state index in [1.54, 1.807) is 0 Å². The largest absolute Gasteiger partial charge is 0.299 e. The van der Waals surface area contributed by atoms with Gasteiger partial charge in [-0.1, -0.05) is 17.3 Å². The number of nitrogens with zero attached hydrogens (tertiary/aromatic N) is 3. The van der Waals surface area contributed by atoms with Gasteiger partial charge in [-0.3, -0.25) is 4.79 Å². The molecule has 84 valence electrons. The number of rotatable bonds is 1. The van der Waals surface area contributed by atoms with Crippen LogP contribution in [-0.2, 0) is 4.79 Å². The van der Waals surface area contributed by atoms with Crippen LogP contribution in [0.5, 0.6) is 0 Å². The Morgan fingerprint density at radius 3 is 2.62 bits per heavy atom. The Bertz CT molecular complexity index is 397. The highest BCUT2D eigenvalue weighted by molar-refractivity contribution is 5.88. The minimum absolute atomic E-state index is 0.146. The van der Waals surface area contributed by atoms with E-state index in [1.807, 2.05) is 0 Å². The van der Waals surface area contributed by atoms with E-state index in [2.05, 4.69) is 22.2 Å². The first-order chi connectivity index (χ1) is 7.81. The number of hydrogen-bond acceptors (Lipinski definition) is 2. The maximum atomic E-state index is 12.2. The number of azide groups is 1. The summed E-state index contributed by atoms with van der Waals surface area (Å²) in [7, 11) is 0. The Hall–Kier alpha value is -1.28. The molecule has 0 N–H and O–H groups in total. The summed E-state index contributed by atoms with van der Waals surface area (Å²) in [6.45, 7) is 0. The first-order valence-corrected chi connectivity index (χ1v) is 6.07. The molecule has 0 amide bonds. The molecule has 4 heteroatoms. The molecule has 0 heterocycles. The lowest BCUT2D eigenvalue weighted by Crippen LogP contribution is -2.48. The maximum absolute atomic E-state index is 12.2. The number of carbonyl (C=O) groups excluding carboxylic acids is 1. The van der Waals surface area contributed by atoms with Crippen LogP contribution in [0.3, 0.4) is 0 Å². The van der Waals surface area contributed by atoms with Crippen LogP contribution in [0.2, 0.25) is 0 Å². The molecule has 0 aromatic rings. The molecule has 0 saturated heterocycles. The van der Waals surface area contributed by atoms with Crippen molar-refractivity contribution in [3.8, 4) is 0 Å². The molecule has 0 aromatic carbocycles. The third-order valence-corrected chi connectivity index (χ3v) is 4.53. The standard InChI is InChI=1S/C12H15N3O/c13-15-14-10-6-5-9-7-1-3-8(4-2-7)11(9)12(10)16/h1,3,7-11H,2,4-6H2/t7-,8+,9?,10?,11?/m1/s1. The minimum Gasteiger partial charge on any atom is -0.299 e. The average Bonchev–Trinajstić information content (AvgIpc) is 2.34. The molecule has 2 saturated carbocycles. The van der Waals surface area contributed by atoms with Gasteiger partial charge in [0.2, 0.25) is 0 Å². The highest BCUT2D eigenvalue weighted by Crippen LogP contribution is 2.50. The van der Waals surface area contributed by atoms with E-state index in [1.165, 1.54) is 6.42 Å². The topological polar surface area (TPSA) is 65.8 Å². The molecule has 4 aliphatic carbocycles. The summed E-state index contributed by atoms with van der Waals surface area (Å²) in [5.41, 5.74) is 8.46. The quantitative estimate of drug-likeness (QED) is 0.288. The molecular weight excluding hydrogens is 202 g/mol. The van der Waals surface area contributed by atoms with Gasteiger partial charge in [-0.2, -0.15) is 0 Å². The molecule has 16 heavy (non-hydrogen) atoms. The number of allylic oxidation sites excluding steroid dienone is 2. The molecule has 0 spiro atoms. The van der Waals surface area contributed by atoms with E-state index in [0.29, 0.717) is 17.8 Å². The van der Waals surface area contributed by atoms with Crippen molar-refractivity contribution in [3.05, 3.63) is 22.6 Å². The monoisotopic (exact) mass is 217 g/mol. The van der Waals surface area contributed by atoms with E-state index in [9.17, 15) is 4.79 Å². The summed E-state index contributed by atoms with van der Waals surface area (Å²) < 4.78 is 0. The molecule has 2 fully saturated rings. The third-order valence-electron chi connectivity index (χ3n) is 4.53. The summed E-state index contributed by atoms with van der Waals surface area (Å²) >= 11 is 0. The van der Waals surface area contributed by atoms with Crippen LogP contribution in [0.1, 0.15) is 25.7 Å². The van der Waals surface area contributed by atoms with Crippen LogP contribution >= 0.6 is 0 Å². The highest BCUT2D eigenvalue weighted by Gasteiger charge is 2.48. The highest BCUT2D eigenvalue weighted by atomic mass is 16.1. The Labute approximate surface area is 94.3 Å². The molecule has 0 aliphatic heterocycles. The van der Waals surface area contributed by atoms with E-state index in [0.717, 1.165) is 19.3 Å². The van der Waals surface area contributed by atoms with Gasteiger partial charge in [-0.05, 0) is 49.0 Å². The number of hydrogen-bond donors (Lipinski definition) is 0. The van der Waals surface area contributed by atoms with Crippen LogP contribution in [0.25, 0.3) is 10.4 Å². The van der Waals surface area contributed by atoms with Crippen molar-refractivity contribution in [1.82, 2.24) is 0 Å². The maximum Gasteiger partial charge on any atom is 0.145 e. The number of ketones is 1. The minimum atomic E-state index is -0.390. The Balaban J connectivity index is 1.90. The zero-order valence-electron chi connectivity index (χ0n) is 9.12. The second-order valence-corrected chi connectivity index (χ2v) is 5.18. The van der Waals surface area contributed by atoms with Gasteiger partial charge < -0.3 is 0 Å². The van der Waals surface area contributed by atoms with Crippen molar-refractivity contribution in [3.63, 3.8) is 0 Å². The first kappa shape index (κ1) is 9.91. The lowest BCUT2D eigenvalue weighted by molar-refractivity contribution is -0.133. The van der Waals surface area contributed by atoms with Crippen molar-refractivity contribution in [1.29, 1.82) is 0 Å². The Morgan fingerprint density at radius 1 is 1.19 bits per heavy atom. The van der Waals surface area contributed by atoms with Gasteiger partial charge in [0.05, 0.1) is 6.04 Å². The van der Waals surface area contributed by atoms with Crippen molar-refractivity contribution >= 4 is 5.78 Å². The number of fused-ring (bicyclic) bond motifs is 1. The molecule has 4 rings (SSSR count). The van der Waals surface area contributed by atoms with E-state index in [-0.39, 0.29) is 17.7 Å². The summed E-state index contributed by atoms with van der Waals surface area (Å²) in [5.74, 6) is 1.90. The van der Waals surface area contributed by atoms with Crippen molar-refractivity contribution in [2.24, 2.45) is 28.8 Å². The average molecular weight is 217 g/mol. The van der Waals surface area contributed by atoms with Crippen molar-refractivity contribution in [2.45, 2.75) is 31.7 Å². The fraction of sp³-hybridized carbons (Fsp3) is 0.750.